The molecule has 0 N–H and O–H groups in total. The van der Waals surface area contributed by atoms with Crippen molar-refractivity contribution in [1.29, 1.82) is 0 Å². The van der Waals surface area contributed by atoms with Crippen LogP contribution in [0.2, 0.25) is 0 Å². The summed E-state index contributed by atoms with van der Waals surface area (Å²) in [5, 5.41) is 8.55. The first-order valence-electron chi connectivity index (χ1n) is 6.48. The van der Waals surface area contributed by atoms with E-state index in [1.54, 1.807) is 6.33 Å². The second-order valence-corrected chi connectivity index (χ2v) is 6.37. The van der Waals surface area contributed by atoms with Gasteiger partial charge in [-0.3, -0.25) is 4.79 Å². The Kier molecular flexibility index (Phi) is 4.28. The highest BCUT2D eigenvalue weighted by atomic mass is 32.2. The molecule has 1 heterocycles. The fraction of sp³-hybridized carbons (Fsp3) is 0.400. The van der Waals surface area contributed by atoms with Crippen LogP contribution in [-0.4, -0.2) is 26.3 Å². The van der Waals surface area contributed by atoms with Gasteiger partial charge in [0.2, 0.25) is 0 Å². The first-order valence-corrected chi connectivity index (χ1v) is 7.47. The molecule has 0 amide bonds. The molecule has 0 atom stereocenters. The van der Waals surface area contributed by atoms with Gasteiger partial charge in [-0.05, 0) is 26.3 Å². The van der Waals surface area contributed by atoms with Gasteiger partial charge in [-0.2, -0.15) is 0 Å². The molecule has 2 aromatic rings. The third kappa shape index (κ3) is 3.10. The number of thioether (sulfide) groups is 1. The fourth-order valence-electron chi connectivity index (χ4n) is 1.85. The van der Waals surface area contributed by atoms with E-state index in [-0.39, 0.29) is 5.78 Å². The SMILES string of the molecule is Cc1ccc(C(C)(C)C(=O)CSc2nncn2C)cc1. The second-order valence-electron chi connectivity index (χ2n) is 5.43. The normalized spacial score (nSPS) is 11.6. The van der Waals surface area contributed by atoms with Crippen molar-refractivity contribution < 1.29 is 4.79 Å². The molecule has 0 aliphatic carbocycles. The van der Waals surface area contributed by atoms with E-state index in [4.69, 9.17) is 0 Å². The van der Waals surface area contributed by atoms with Crippen molar-refractivity contribution in [3.05, 3.63) is 41.7 Å². The van der Waals surface area contributed by atoms with Crippen molar-refractivity contribution >= 4 is 17.5 Å². The molecule has 0 saturated carbocycles. The molecule has 0 aliphatic heterocycles. The molecule has 0 saturated heterocycles. The van der Waals surface area contributed by atoms with E-state index in [9.17, 15) is 4.79 Å². The summed E-state index contributed by atoms with van der Waals surface area (Å²) in [5.74, 6) is 0.585. The molecule has 0 bridgehead atoms. The van der Waals surface area contributed by atoms with Crippen LogP contribution < -0.4 is 0 Å². The molecule has 5 heteroatoms. The first-order chi connectivity index (χ1) is 9.41. The number of Topliss-reactive ketones (excluding diaryl/α,β-unsaturated/α-hetero) is 1. The molecule has 20 heavy (non-hydrogen) atoms. The van der Waals surface area contributed by atoms with Gasteiger partial charge >= 0.3 is 0 Å². The van der Waals surface area contributed by atoms with Crippen molar-refractivity contribution in [3.63, 3.8) is 0 Å². The topological polar surface area (TPSA) is 47.8 Å². The maximum Gasteiger partial charge on any atom is 0.191 e. The van der Waals surface area contributed by atoms with Gasteiger partial charge < -0.3 is 4.57 Å². The maximum atomic E-state index is 12.5. The molecule has 106 valence electrons. The van der Waals surface area contributed by atoms with E-state index in [1.165, 1.54) is 17.3 Å². The number of rotatable bonds is 5. The minimum Gasteiger partial charge on any atom is -0.312 e. The van der Waals surface area contributed by atoms with Gasteiger partial charge in [0.05, 0.1) is 5.75 Å². The van der Waals surface area contributed by atoms with Crippen LogP contribution in [-0.2, 0) is 17.3 Å². The Morgan fingerprint density at radius 1 is 1.30 bits per heavy atom. The standard InChI is InChI=1S/C15H19N3OS/c1-11-5-7-12(8-6-11)15(2,3)13(19)9-20-14-17-16-10-18(14)4/h5-8,10H,9H2,1-4H3. The van der Waals surface area contributed by atoms with Crippen LogP contribution in [0.25, 0.3) is 0 Å². The lowest BCUT2D eigenvalue weighted by Crippen LogP contribution is -2.30. The van der Waals surface area contributed by atoms with Crippen molar-refractivity contribution in [2.24, 2.45) is 7.05 Å². The van der Waals surface area contributed by atoms with Crippen LogP contribution in [0.4, 0.5) is 0 Å². The highest BCUT2D eigenvalue weighted by molar-refractivity contribution is 7.99. The predicted molar refractivity (Wildman–Crippen MR) is 80.9 cm³/mol. The summed E-state index contributed by atoms with van der Waals surface area (Å²) in [6.45, 7) is 5.98. The van der Waals surface area contributed by atoms with Gasteiger partial charge in [0.1, 0.15) is 6.33 Å². The predicted octanol–water partition coefficient (Wildman–Crippen LogP) is 2.76. The third-order valence-corrected chi connectivity index (χ3v) is 4.51. The van der Waals surface area contributed by atoms with Gasteiger partial charge in [-0.1, -0.05) is 41.6 Å². The first kappa shape index (κ1) is 14.8. The molecular weight excluding hydrogens is 270 g/mol. The minimum absolute atomic E-state index is 0.189. The number of hydrogen-bond acceptors (Lipinski definition) is 4. The minimum atomic E-state index is -0.487. The van der Waals surface area contributed by atoms with E-state index < -0.39 is 5.41 Å². The molecule has 2 rings (SSSR count). The van der Waals surface area contributed by atoms with E-state index in [2.05, 4.69) is 10.2 Å². The van der Waals surface area contributed by atoms with Crippen molar-refractivity contribution in [2.45, 2.75) is 31.3 Å². The molecule has 0 unspecified atom stereocenters. The van der Waals surface area contributed by atoms with E-state index in [0.717, 1.165) is 10.7 Å². The lowest BCUT2D eigenvalue weighted by molar-refractivity contribution is -0.120. The summed E-state index contributed by atoms with van der Waals surface area (Å²) in [6.07, 6.45) is 1.64. The van der Waals surface area contributed by atoms with Gasteiger partial charge in [0, 0.05) is 12.5 Å². The smallest absolute Gasteiger partial charge is 0.191 e. The summed E-state index contributed by atoms with van der Waals surface area (Å²) in [7, 11) is 1.87. The van der Waals surface area contributed by atoms with Crippen LogP contribution in [0, 0.1) is 6.92 Å². The number of ketones is 1. The molecule has 0 fully saturated rings. The molecule has 1 aromatic carbocycles. The summed E-state index contributed by atoms with van der Waals surface area (Å²) < 4.78 is 1.82. The van der Waals surface area contributed by atoms with Crippen molar-refractivity contribution in [2.75, 3.05) is 5.75 Å². The largest absolute Gasteiger partial charge is 0.312 e. The summed E-state index contributed by atoms with van der Waals surface area (Å²) >= 11 is 1.43. The molecule has 0 spiro atoms. The third-order valence-electron chi connectivity index (χ3n) is 3.47. The number of carbonyl (C=O) groups excluding carboxylic acids is 1. The number of nitrogens with zero attached hydrogens (tertiary/aromatic N) is 3. The summed E-state index contributed by atoms with van der Waals surface area (Å²) in [4.78, 5) is 12.5. The Balaban J connectivity index is 2.07. The zero-order valence-electron chi connectivity index (χ0n) is 12.3. The average Bonchev–Trinajstić information content (AvgIpc) is 2.82. The van der Waals surface area contributed by atoms with Gasteiger partial charge in [0.25, 0.3) is 0 Å². The second kappa shape index (κ2) is 5.79. The van der Waals surface area contributed by atoms with Crippen molar-refractivity contribution in [3.8, 4) is 0 Å². The monoisotopic (exact) mass is 289 g/mol. The van der Waals surface area contributed by atoms with E-state index in [0.29, 0.717) is 5.75 Å². The average molecular weight is 289 g/mol. The fourth-order valence-corrected chi connectivity index (χ4v) is 2.82. The van der Waals surface area contributed by atoms with E-state index in [1.807, 2.05) is 56.7 Å². The summed E-state index contributed by atoms with van der Waals surface area (Å²) in [6, 6.07) is 8.14. The number of carbonyl (C=O) groups is 1. The quantitative estimate of drug-likeness (QED) is 0.794. The Bertz CT molecular complexity index is 602. The van der Waals surface area contributed by atoms with Gasteiger partial charge in [0.15, 0.2) is 10.9 Å². The highest BCUT2D eigenvalue weighted by Crippen LogP contribution is 2.27. The Morgan fingerprint density at radius 2 is 1.95 bits per heavy atom. The van der Waals surface area contributed by atoms with Crippen LogP contribution in [0.5, 0.6) is 0 Å². The lowest BCUT2D eigenvalue weighted by Gasteiger charge is -2.23. The van der Waals surface area contributed by atoms with Gasteiger partial charge in [-0.15, -0.1) is 10.2 Å². The Morgan fingerprint density at radius 3 is 2.50 bits per heavy atom. The number of aromatic nitrogens is 3. The zero-order valence-corrected chi connectivity index (χ0v) is 13.1. The van der Waals surface area contributed by atoms with Crippen LogP contribution in [0.1, 0.15) is 25.0 Å². The summed E-state index contributed by atoms with van der Waals surface area (Å²) in [5.41, 5.74) is 1.76. The molecule has 1 aromatic heterocycles. The van der Waals surface area contributed by atoms with Crippen LogP contribution in [0.15, 0.2) is 35.7 Å². The molecule has 0 aliphatic rings. The maximum absolute atomic E-state index is 12.5. The lowest BCUT2D eigenvalue weighted by atomic mass is 9.81. The molecule has 0 radical (unpaired) electrons. The van der Waals surface area contributed by atoms with E-state index >= 15 is 0 Å². The Hall–Kier alpha value is -1.62. The van der Waals surface area contributed by atoms with Crippen LogP contribution >= 0.6 is 11.8 Å². The number of aryl methyl sites for hydroxylation is 2. The number of benzene rings is 1. The van der Waals surface area contributed by atoms with Gasteiger partial charge in [-0.25, -0.2) is 0 Å². The number of hydrogen-bond donors (Lipinski definition) is 0. The van der Waals surface area contributed by atoms with Crippen LogP contribution in [0.3, 0.4) is 0 Å². The van der Waals surface area contributed by atoms with Crippen molar-refractivity contribution in [1.82, 2.24) is 14.8 Å². The molecular formula is C15H19N3OS. The Labute approximate surface area is 123 Å². The zero-order chi connectivity index (χ0) is 14.8. The molecule has 4 nitrogen and oxygen atoms in total. The highest BCUT2D eigenvalue weighted by Gasteiger charge is 2.29.